The molecule has 1 N–H and O–H groups in total. The van der Waals surface area contributed by atoms with E-state index in [-0.39, 0.29) is 6.10 Å². The fourth-order valence-corrected chi connectivity index (χ4v) is 1.90. The summed E-state index contributed by atoms with van der Waals surface area (Å²) in [6, 6.07) is 0.577. The molecule has 0 saturated carbocycles. The van der Waals surface area contributed by atoms with Crippen LogP contribution >= 0.6 is 22.6 Å². The van der Waals surface area contributed by atoms with Gasteiger partial charge in [-0.1, -0.05) is 22.6 Å². The van der Waals surface area contributed by atoms with E-state index in [1.54, 1.807) is 0 Å². The summed E-state index contributed by atoms with van der Waals surface area (Å²) >= 11 is 2.34. The van der Waals surface area contributed by atoms with Crippen molar-refractivity contribution in [3.05, 3.63) is 0 Å². The molecule has 0 amide bonds. The minimum absolute atomic E-state index is 0.119. The van der Waals surface area contributed by atoms with E-state index in [1.807, 2.05) is 0 Å². The first-order valence-corrected chi connectivity index (χ1v) is 5.42. The molecule has 3 heteroatoms. The summed E-state index contributed by atoms with van der Waals surface area (Å²) in [4.78, 5) is 2.33. The molecule has 1 aliphatic rings. The molecular weight excluding hydrogens is 253 g/mol. The average Bonchev–Trinajstić information content (AvgIpc) is 1.94. The highest BCUT2D eigenvalue weighted by atomic mass is 127. The number of nitrogens with zero attached hydrogens (tertiary/aromatic N) is 1. The van der Waals surface area contributed by atoms with Gasteiger partial charge < -0.3 is 5.11 Å². The van der Waals surface area contributed by atoms with E-state index in [0.717, 1.165) is 19.5 Å². The Kier molecular flexibility index (Phi) is 3.58. The van der Waals surface area contributed by atoms with Gasteiger partial charge in [-0.2, -0.15) is 0 Å². The van der Waals surface area contributed by atoms with Crippen molar-refractivity contribution >= 4 is 22.6 Å². The molecule has 1 aliphatic heterocycles. The van der Waals surface area contributed by atoms with Gasteiger partial charge in [0.2, 0.25) is 0 Å². The maximum atomic E-state index is 9.55. The Balaban J connectivity index is 2.40. The molecule has 1 rings (SSSR count). The van der Waals surface area contributed by atoms with Crippen LogP contribution in [0.1, 0.15) is 20.3 Å². The zero-order valence-electron chi connectivity index (χ0n) is 7.13. The van der Waals surface area contributed by atoms with Gasteiger partial charge in [-0.05, 0) is 26.8 Å². The first kappa shape index (κ1) is 9.74. The molecule has 0 spiro atoms. The van der Waals surface area contributed by atoms with Crippen molar-refractivity contribution in [1.82, 2.24) is 4.90 Å². The van der Waals surface area contributed by atoms with E-state index >= 15 is 0 Å². The molecule has 0 bridgehead atoms. The summed E-state index contributed by atoms with van der Waals surface area (Å²) in [6.45, 7) is 6.36. The van der Waals surface area contributed by atoms with Crippen molar-refractivity contribution in [3.8, 4) is 0 Å². The predicted octanol–water partition coefficient (Wildman–Crippen LogP) is 1.27. The lowest BCUT2D eigenvalue weighted by Gasteiger charge is -2.35. The third-order valence-corrected chi connectivity index (χ3v) is 3.71. The lowest BCUT2D eigenvalue weighted by atomic mass is 10.1. The molecule has 1 fully saturated rings. The van der Waals surface area contributed by atoms with Crippen LogP contribution in [0.4, 0.5) is 0 Å². The highest BCUT2D eigenvalue weighted by Crippen LogP contribution is 2.19. The Bertz CT molecular complexity index is 129. The van der Waals surface area contributed by atoms with Crippen LogP contribution in [0.2, 0.25) is 0 Å². The summed E-state index contributed by atoms with van der Waals surface area (Å²) in [5.74, 6) is 0. The van der Waals surface area contributed by atoms with Crippen molar-refractivity contribution < 1.29 is 5.11 Å². The summed E-state index contributed by atoms with van der Waals surface area (Å²) in [6.07, 6.45) is 1.01. The minimum Gasteiger partial charge on any atom is -0.391 e. The maximum Gasteiger partial charge on any atom is 0.0785 e. The second-order valence-electron chi connectivity index (χ2n) is 3.46. The summed E-state index contributed by atoms with van der Waals surface area (Å²) < 4.78 is 0.461. The van der Waals surface area contributed by atoms with Crippen molar-refractivity contribution in [2.24, 2.45) is 0 Å². The summed E-state index contributed by atoms with van der Waals surface area (Å²) in [5, 5.41) is 9.55. The highest BCUT2D eigenvalue weighted by Gasteiger charge is 2.26. The normalized spacial score (nSPS) is 34.6. The molecule has 0 aromatic heterocycles. The fraction of sp³-hybridized carbons (Fsp3) is 1.00. The number of hydrogen-bond donors (Lipinski definition) is 1. The van der Waals surface area contributed by atoms with Crippen LogP contribution < -0.4 is 0 Å². The van der Waals surface area contributed by atoms with E-state index in [2.05, 4.69) is 41.3 Å². The van der Waals surface area contributed by atoms with Gasteiger partial charge in [-0.25, -0.2) is 0 Å². The van der Waals surface area contributed by atoms with Gasteiger partial charge in [-0.3, -0.25) is 4.90 Å². The van der Waals surface area contributed by atoms with E-state index in [4.69, 9.17) is 0 Å². The van der Waals surface area contributed by atoms with Gasteiger partial charge in [0.15, 0.2) is 0 Å². The molecule has 11 heavy (non-hydrogen) atoms. The van der Waals surface area contributed by atoms with Gasteiger partial charge in [0.25, 0.3) is 0 Å². The van der Waals surface area contributed by atoms with Crippen LogP contribution in [0.15, 0.2) is 0 Å². The Hall–Kier alpha value is 0.650. The molecule has 0 aromatic carbocycles. The topological polar surface area (TPSA) is 23.5 Å². The number of hydrogen-bond acceptors (Lipinski definition) is 2. The highest BCUT2D eigenvalue weighted by molar-refractivity contribution is 14.1. The van der Waals surface area contributed by atoms with Crippen LogP contribution in [-0.2, 0) is 0 Å². The molecule has 66 valence electrons. The van der Waals surface area contributed by atoms with Crippen LogP contribution in [0.25, 0.3) is 0 Å². The van der Waals surface area contributed by atoms with Crippen LogP contribution in [0.5, 0.6) is 0 Å². The Labute approximate surface area is 82.1 Å². The van der Waals surface area contributed by atoms with Crippen molar-refractivity contribution in [2.75, 3.05) is 13.1 Å². The largest absolute Gasteiger partial charge is 0.391 e. The van der Waals surface area contributed by atoms with Gasteiger partial charge >= 0.3 is 0 Å². The van der Waals surface area contributed by atoms with Crippen LogP contribution in [0, 0.1) is 0 Å². The maximum absolute atomic E-state index is 9.55. The number of likely N-dealkylation sites (tertiary alicyclic amines) is 1. The Morgan fingerprint density at radius 3 is 2.64 bits per heavy atom. The van der Waals surface area contributed by atoms with E-state index < -0.39 is 0 Å². The van der Waals surface area contributed by atoms with E-state index in [9.17, 15) is 5.11 Å². The zero-order valence-corrected chi connectivity index (χ0v) is 9.28. The number of β-amino-alcohol motifs (C(OH)–C–C–N with tert-alkyl or cyclic N) is 1. The van der Waals surface area contributed by atoms with Gasteiger partial charge in [0.1, 0.15) is 0 Å². The Morgan fingerprint density at radius 1 is 1.55 bits per heavy atom. The molecule has 1 heterocycles. The molecule has 2 nitrogen and oxygen atoms in total. The van der Waals surface area contributed by atoms with E-state index in [1.165, 1.54) is 0 Å². The molecule has 2 atom stereocenters. The van der Waals surface area contributed by atoms with Gasteiger partial charge in [0.05, 0.1) is 6.10 Å². The number of piperidine rings is 1. The molecule has 0 radical (unpaired) electrons. The molecule has 0 aromatic rings. The average molecular weight is 269 g/mol. The third-order valence-electron chi connectivity index (χ3n) is 2.26. The number of halogens is 1. The minimum atomic E-state index is -0.119. The summed E-state index contributed by atoms with van der Waals surface area (Å²) in [5.41, 5.74) is 0. The SMILES string of the molecule is CC(C)N1CCC(I)C(O)C1. The zero-order chi connectivity index (χ0) is 8.43. The summed E-state index contributed by atoms with van der Waals surface area (Å²) in [7, 11) is 0. The lowest BCUT2D eigenvalue weighted by Crippen LogP contribution is -2.47. The van der Waals surface area contributed by atoms with Crippen molar-refractivity contribution in [3.63, 3.8) is 0 Å². The van der Waals surface area contributed by atoms with Crippen LogP contribution in [0.3, 0.4) is 0 Å². The van der Waals surface area contributed by atoms with Gasteiger partial charge in [-0.15, -0.1) is 0 Å². The predicted molar refractivity (Wildman–Crippen MR) is 55.1 cm³/mol. The number of rotatable bonds is 1. The number of alkyl halides is 1. The smallest absolute Gasteiger partial charge is 0.0785 e. The standard InChI is InChI=1S/C8H16INO/c1-6(2)10-4-3-7(9)8(11)5-10/h6-8,11H,3-5H2,1-2H3. The molecule has 0 aliphatic carbocycles. The number of aliphatic hydroxyl groups is 1. The second-order valence-corrected chi connectivity index (χ2v) is 5.06. The van der Waals surface area contributed by atoms with Crippen molar-refractivity contribution in [1.29, 1.82) is 0 Å². The van der Waals surface area contributed by atoms with Gasteiger partial charge in [0, 0.05) is 16.5 Å². The van der Waals surface area contributed by atoms with Crippen LogP contribution in [-0.4, -0.2) is 39.2 Å². The Morgan fingerprint density at radius 2 is 2.18 bits per heavy atom. The second kappa shape index (κ2) is 4.05. The molecule has 1 saturated heterocycles. The first-order chi connectivity index (χ1) is 5.11. The first-order valence-electron chi connectivity index (χ1n) is 4.17. The quantitative estimate of drug-likeness (QED) is 0.572. The third kappa shape index (κ3) is 2.56. The number of aliphatic hydroxyl groups excluding tert-OH is 1. The molecule has 2 unspecified atom stereocenters. The fourth-order valence-electron chi connectivity index (χ4n) is 1.40. The van der Waals surface area contributed by atoms with Crippen molar-refractivity contribution in [2.45, 2.75) is 36.3 Å². The van der Waals surface area contributed by atoms with E-state index in [0.29, 0.717) is 9.97 Å². The lowest BCUT2D eigenvalue weighted by molar-refractivity contribution is 0.0638. The molecular formula is C8H16INO. The monoisotopic (exact) mass is 269 g/mol.